The van der Waals surface area contributed by atoms with Crippen molar-refractivity contribution in [2.45, 2.75) is 38.8 Å². The number of carbonyl (C=O) groups is 1. The number of sulfonamides is 1. The van der Waals surface area contributed by atoms with Gasteiger partial charge in [0.1, 0.15) is 5.56 Å². The molecule has 29 heavy (non-hydrogen) atoms. The molecule has 8 heteroatoms. The van der Waals surface area contributed by atoms with Gasteiger partial charge in [-0.05, 0) is 43.5 Å². The molecule has 3 N–H and O–H groups in total. The van der Waals surface area contributed by atoms with Crippen LogP contribution in [0.2, 0.25) is 0 Å². The van der Waals surface area contributed by atoms with Crippen molar-refractivity contribution in [3.63, 3.8) is 0 Å². The largest absolute Gasteiger partial charge is 0.348 e. The zero-order valence-corrected chi connectivity index (χ0v) is 17.4. The van der Waals surface area contributed by atoms with Crippen LogP contribution in [-0.4, -0.2) is 24.5 Å². The van der Waals surface area contributed by atoms with Crippen LogP contribution in [0.5, 0.6) is 0 Å². The van der Waals surface area contributed by atoms with Crippen molar-refractivity contribution in [1.29, 1.82) is 0 Å². The summed E-state index contributed by atoms with van der Waals surface area (Å²) in [5.74, 6) is -0.501. The maximum atomic E-state index is 12.8. The molecule has 0 aliphatic carbocycles. The Balaban J connectivity index is 1.79. The maximum Gasteiger partial charge on any atom is 0.282 e. The normalized spacial score (nSPS) is 11.3. The minimum atomic E-state index is -4.03. The summed E-state index contributed by atoms with van der Waals surface area (Å²) < 4.78 is 28.1. The number of hydrogen-bond acceptors (Lipinski definition) is 4. The fourth-order valence-corrected chi connectivity index (χ4v) is 4.08. The van der Waals surface area contributed by atoms with Gasteiger partial charge < -0.3 is 5.32 Å². The van der Waals surface area contributed by atoms with E-state index in [1.54, 1.807) is 19.1 Å². The Morgan fingerprint density at radius 1 is 1.00 bits per heavy atom. The molecule has 0 saturated carbocycles. The lowest BCUT2D eigenvalue weighted by Crippen LogP contribution is -2.26. The Kier molecular flexibility index (Phi) is 6.03. The van der Waals surface area contributed by atoms with Gasteiger partial charge in [0, 0.05) is 17.9 Å². The third kappa shape index (κ3) is 4.83. The summed E-state index contributed by atoms with van der Waals surface area (Å²) in [5, 5.41) is 8.91. The lowest BCUT2D eigenvalue weighted by molar-refractivity contribution is 0.0947. The quantitative estimate of drug-likeness (QED) is 0.554. The van der Waals surface area contributed by atoms with E-state index in [0.29, 0.717) is 11.4 Å². The second kappa shape index (κ2) is 8.48. The molecule has 0 bridgehead atoms. The lowest BCUT2D eigenvalue weighted by atomic mass is 10.1. The Labute approximate surface area is 170 Å². The lowest BCUT2D eigenvalue weighted by Gasteiger charge is -2.10. The molecule has 0 aliphatic rings. The number of hydrogen-bond donors (Lipinski definition) is 3. The van der Waals surface area contributed by atoms with E-state index in [9.17, 15) is 13.2 Å². The Hall–Kier alpha value is -3.13. The van der Waals surface area contributed by atoms with Gasteiger partial charge >= 0.3 is 0 Å². The number of aryl methyl sites for hydroxylation is 3. The average Bonchev–Trinajstić information content (AvgIpc) is 3.10. The fourth-order valence-electron chi connectivity index (χ4n) is 2.86. The molecular weight excluding hydrogens is 388 g/mol. The van der Waals surface area contributed by atoms with Gasteiger partial charge in [-0.1, -0.05) is 48.9 Å². The number of anilines is 1. The van der Waals surface area contributed by atoms with E-state index in [2.05, 4.69) is 20.2 Å². The molecule has 2 aromatic carbocycles. The first-order chi connectivity index (χ1) is 13.8. The van der Waals surface area contributed by atoms with Crippen molar-refractivity contribution in [2.24, 2.45) is 0 Å². The molecule has 0 atom stereocenters. The molecule has 0 aliphatic heterocycles. The fraction of sp³-hybridized carbons (Fsp3) is 0.238. The van der Waals surface area contributed by atoms with Gasteiger partial charge in [0.15, 0.2) is 0 Å². The SMILES string of the molecule is CCc1ccc(NS(=O)(=O)c2n[nH]c(C)c2C(=O)NCc2ccc(C)cc2)cc1. The monoisotopic (exact) mass is 412 g/mol. The molecule has 152 valence electrons. The molecular formula is C21H24N4O3S. The standard InChI is InChI=1S/C21H24N4O3S/c1-4-16-9-11-18(12-10-16)25-29(27,28)21-19(15(3)23-24-21)20(26)22-13-17-7-5-14(2)6-8-17/h5-12,25H,4,13H2,1-3H3,(H,22,26)(H,23,24). The first kappa shape index (κ1) is 20.6. The molecule has 0 fully saturated rings. The molecule has 3 aromatic rings. The van der Waals surface area contributed by atoms with E-state index >= 15 is 0 Å². The van der Waals surface area contributed by atoms with Crippen molar-refractivity contribution in [1.82, 2.24) is 15.5 Å². The minimum Gasteiger partial charge on any atom is -0.348 e. The van der Waals surface area contributed by atoms with E-state index in [0.717, 1.165) is 23.1 Å². The molecule has 7 nitrogen and oxygen atoms in total. The van der Waals surface area contributed by atoms with E-state index in [4.69, 9.17) is 0 Å². The zero-order chi connectivity index (χ0) is 21.0. The first-order valence-corrected chi connectivity index (χ1v) is 10.8. The van der Waals surface area contributed by atoms with Gasteiger partial charge in [-0.3, -0.25) is 14.6 Å². The van der Waals surface area contributed by atoms with Crippen LogP contribution in [0, 0.1) is 13.8 Å². The van der Waals surface area contributed by atoms with Crippen LogP contribution < -0.4 is 10.0 Å². The summed E-state index contributed by atoms with van der Waals surface area (Å²) in [4.78, 5) is 12.7. The van der Waals surface area contributed by atoms with Crippen molar-refractivity contribution in [3.8, 4) is 0 Å². The first-order valence-electron chi connectivity index (χ1n) is 9.30. The summed E-state index contributed by atoms with van der Waals surface area (Å²) in [6.45, 7) is 5.91. The van der Waals surface area contributed by atoms with E-state index < -0.39 is 15.9 Å². The number of aromatic nitrogens is 2. The third-order valence-electron chi connectivity index (χ3n) is 4.58. The van der Waals surface area contributed by atoms with Gasteiger partial charge in [-0.25, -0.2) is 0 Å². The van der Waals surface area contributed by atoms with Gasteiger partial charge in [-0.2, -0.15) is 13.5 Å². The molecule has 0 spiro atoms. The minimum absolute atomic E-state index is 0.00906. The van der Waals surface area contributed by atoms with Crippen LogP contribution >= 0.6 is 0 Å². The highest BCUT2D eigenvalue weighted by molar-refractivity contribution is 7.92. The molecule has 0 radical (unpaired) electrons. The van der Waals surface area contributed by atoms with Crippen LogP contribution in [0.4, 0.5) is 5.69 Å². The summed E-state index contributed by atoms with van der Waals surface area (Å²) in [6, 6.07) is 14.8. The summed E-state index contributed by atoms with van der Waals surface area (Å²) >= 11 is 0. The topological polar surface area (TPSA) is 104 Å². The van der Waals surface area contributed by atoms with Gasteiger partial charge in [0.25, 0.3) is 15.9 Å². The maximum absolute atomic E-state index is 12.8. The van der Waals surface area contributed by atoms with Gasteiger partial charge in [-0.15, -0.1) is 0 Å². The van der Waals surface area contributed by atoms with Crippen LogP contribution in [0.3, 0.4) is 0 Å². The van der Waals surface area contributed by atoms with Crippen molar-refractivity contribution in [2.75, 3.05) is 4.72 Å². The number of amides is 1. The average molecular weight is 413 g/mol. The summed E-state index contributed by atoms with van der Waals surface area (Å²) in [7, 11) is -4.03. The number of nitrogens with zero attached hydrogens (tertiary/aromatic N) is 1. The van der Waals surface area contributed by atoms with Crippen LogP contribution in [0.1, 0.15) is 39.7 Å². The van der Waals surface area contributed by atoms with Crippen LogP contribution in [-0.2, 0) is 23.0 Å². The van der Waals surface area contributed by atoms with Gasteiger partial charge in [0.05, 0.1) is 0 Å². The summed E-state index contributed by atoms with van der Waals surface area (Å²) in [5.41, 5.74) is 3.94. The van der Waals surface area contributed by atoms with Crippen molar-refractivity contribution < 1.29 is 13.2 Å². The van der Waals surface area contributed by atoms with Crippen LogP contribution in [0.25, 0.3) is 0 Å². The van der Waals surface area contributed by atoms with E-state index in [-0.39, 0.29) is 17.1 Å². The third-order valence-corrected chi connectivity index (χ3v) is 5.89. The molecule has 1 amide bonds. The van der Waals surface area contributed by atoms with Crippen molar-refractivity contribution >= 4 is 21.6 Å². The van der Waals surface area contributed by atoms with E-state index in [1.807, 2.05) is 50.2 Å². The molecule has 1 aromatic heterocycles. The Morgan fingerprint density at radius 2 is 1.62 bits per heavy atom. The number of nitrogens with one attached hydrogen (secondary N) is 3. The Morgan fingerprint density at radius 3 is 2.24 bits per heavy atom. The highest BCUT2D eigenvalue weighted by Crippen LogP contribution is 2.20. The number of rotatable bonds is 7. The molecule has 3 rings (SSSR count). The number of benzene rings is 2. The van der Waals surface area contributed by atoms with Crippen LogP contribution in [0.15, 0.2) is 53.6 Å². The number of H-pyrrole nitrogens is 1. The summed E-state index contributed by atoms with van der Waals surface area (Å²) in [6.07, 6.45) is 0.858. The van der Waals surface area contributed by atoms with E-state index in [1.165, 1.54) is 0 Å². The molecule has 0 saturated heterocycles. The smallest absolute Gasteiger partial charge is 0.282 e. The predicted octanol–water partition coefficient (Wildman–Crippen LogP) is 3.32. The molecule has 1 heterocycles. The highest BCUT2D eigenvalue weighted by Gasteiger charge is 2.28. The van der Waals surface area contributed by atoms with Crippen molar-refractivity contribution in [3.05, 3.63) is 76.5 Å². The zero-order valence-electron chi connectivity index (χ0n) is 16.6. The Bertz CT molecular complexity index is 1100. The second-order valence-corrected chi connectivity index (χ2v) is 8.45. The second-order valence-electron chi connectivity index (χ2n) is 6.85. The highest BCUT2D eigenvalue weighted by atomic mass is 32.2. The van der Waals surface area contributed by atoms with Gasteiger partial charge in [0.2, 0.25) is 5.03 Å². The predicted molar refractivity (Wildman–Crippen MR) is 112 cm³/mol. The number of aromatic amines is 1. The molecule has 0 unspecified atom stereocenters. The number of carbonyl (C=O) groups excluding carboxylic acids is 1.